The predicted molar refractivity (Wildman–Crippen MR) is 122 cm³/mol. The zero-order valence-electron chi connectivity index (χ0n) is 16.6. The van der Waals surface area contributed by atoms with Gasteiger partial charge in [-0.2, -0.15) is 0 Å². The highest BCUT2D eigenvalue weighted by atomic mass is 16.5. The van der Waals surface area contributed by atoms with Gasteiger partial charge in [-0.1, -0.05) is 97.9 Å². The average Bonchev–Trinajstić information content (AvgIpc) is 2.80. The van der Waals surface area contributed by atoms with E-state index in [-0.39, 0.29) is 0 Å². The molecule has 4 aromatic rings. The minimum Gasteiger partial charge on any atom is -0.457 e. The highest BCUT2D eigenvalue weighted by molar-refractivity contribution is 5.98. The number of hydrogen-bond donors (Lipinski definition) is 0. The number of benzene rings is 4. The van der Waals surface area contributed by atoms with Gasteiger partial charge in [-0.25, -0.2) is 0 Å². The van der Waals surface area contributed by atoms with Crippen LogP contribution in [-0.2, 0) is 0 Å². The van der Waals surface area contributed by atoms with E-state index >= 15 is 0 Å². The molecular formula is C28H24O. The van der Waals surface area contributed by atoms with Crippen LogP contribution in [0.2, 0.25) is 0 Å². The van der Waals surface area contributed by atoms with Gasteiger partial charge in [0.1, 0.15) is 11.5 Å². The molecule has 0 N–H and O–H groups in total. The molecule has 1 nitrogen and oxygen atoms in total. The Bertz CT molecular complexity index is 1060. The zero-order chi connectivity index (χ0) is 19.9. The van der Waals surface area contributed by atoms with Crippen LogP contribution in [0.4, 0.5) is 0 Å². The monoisotopic (exact) mass is 376 g/mol. The standard InChI is InChI=1S/C28H24O/c1-2-27(22-12-6-3-7-13-22)28(23-14-8-4-9-15-23)24-18-20-26(21-19-24)29-25-16-10-5-11-17-25/h3-21H,2H2,1H3/b28-27+. The Morgan fingerprint density at radius 3 is 1.52 bits per heavy atom. The third kappa shape index (κ3) is 4.47. The van der Waals surface area contributed by atoms with Crippen LogP contribution in [0.1, 0.15) is 30.0 Å². The Morgan fingerprint density at radius 2 is 0.966 bits per heavy atom. The maximum Gasteiger partial charge on any atom is 0.127 e. The van der Waals surface area contributed by atoms with Crippen LogP contribution in [0.3, 0.4) is 0 Å². The summed E-state index contributed by atoms with van der Waals surface area (Å²) < 4.78 is 5.97. The Hall–Kier alpha value is -3.58. The fraction of sp³-hybridized carbons (Fsp3) is 0.0714. The van der Waals surface area contributed by atoms with Crippen LogP contribution in [0, 0.1) is 0 Å². The predicted octanol–water partition coefficient (Wildman–Crippen LogP) is 7.85. The summed E-state index contributed by atoms with van der Waals surface area (Å²) in [6.07, 6.45) is 0.955. The van der Waals surface area contributed by atoms with Crippen molar-refractivity contribution in [2.24, 2.45) is 0 Å². The second kappa shape index (κ2) is 9.07. The molecule has 0 spiro atoms. The molecule has 0 atom stereocenters. The molecule has 0 amide bonds. The second-order valence-electron chi connectivity index (χ2n) is 6.88. The van der Waals surface area contributed by atoms with E-state index < -0.39 is 0 Å². The van der Waals surface area contributed by atoms with Gasteiger partial charge in [0.05, 0.1) is 0 Å². The number of rotatable bonds is 6. The van der Waals surface area contributed by atoms with Crippen molar-refractivity contribution in [3.05, 3.63) is 132 Å². The largest absolute Gasteiger partial charge is 0.457 e. The van der Waals surface area contributed by atoms with Crippen molar-refractivity contribution >= 4 is 11.1 Å². The van der Waals surface area contributed by atoms with Crippen molar-refractivity contribution in [1.82, 2.24) is 0 Å². The lowest BCUT2D eigenvalue weighted by molar-refractivity contribution is 0.482. The van der Waals surface area contributed by atoms with Gasteiger partial charge in [0.2, 0.25) is 0 Å². The summed E-state index contributed by atoms with van der Waals surface area (Å²) in [6, 6.07) is 39.5. The molecule has 0 aliphatic rings. The Labute approximate surface area is 172 Å². The quantitative estimate of drug-likeness (QED) is 0.311. The van der Waals surface area contributed by atoms with Gasteiger partial charge in [-0.15, -0.1) is 0 Å². The van der Waals surface area contributed by atoms with E-state index in [0.29, 0.717) is 0 Å². The smallest absolute Gasteiger partial charge is 0.127 e. The molecule has 0 aliphatic carbocycles. The van der Waals surface area contributed by atoms with Gasteiger partial charge >= 0.3 is 0 Å². The number of hydrogen-bond acceptors (Lipinski definition) is 1. The molecule has 4 aromatic carbocycles. The van der Waals surface area contributed by atoms with Crippen LogP contribution in [-0.4, -0.2) is 0 Å². The number of ether oxygens (including phenoxy) is 1. The summed E-state index contributed by atoms with van der Waals surface area (Å²) in [5.41, 5.74) is 6.29. The van der Waals surface area contributed by atoms with Gasteiger partial charge in [-0.3, -0.25) is 0 Å². The number of allylic oxidation sites excluding steroid dienone is 1. The fourth-order valence-electron chi connectivity index (χ4n) is 3.60. The maximum atomic E-state index is 5.97. The van der Waals surface area contributed by atoms with Gasteiger partial charge in [0.25, 0.3) is 0 Å². The third-order valence-electron chi connectivity index (χ3n) is 4.96. The van der Waals surface area contributed by atoms with E-state index in [1.807, 2.05) is 42.5 Å². The molecule has 0 aliphatic heterocycles. The molecule has 1 heteroatoms. The van der Waals surface area contributed by atoms with E-state index in [1.165, 1.54) is 27.8 Å². The first-order valence-electron chi connectivity index (χ1n) is 10.0. The van der Waals surface area contributed by atoms with E-state index in [4.69, 9.17) is 4.74 Å². The van der Waals surface area contributed by atoms with Gasteiger partial charge in [0.15, 0.2) is 0 Å². The summed E-state index contributed by atoms with van der Waals surface area (Å²) in [4.78, 5) is 0. The molecule has 0 saturated carbocycles. The van der Waals surface area contributed by atoms with Crippen LogP contribution in [0.15, 0.2) is 115 Å². The van der Waals surface area contributed by atoms with Crippen molar-refractivity contribution in [3.63, 3.8) is 0 Å². The summed E-state index contributed by atoms with van der Waals surface area (Å²) in [5.74, 6) is 1.68. The molecule has 0 aromatic heterocycles. The van der Waals surface area contributed by atoms with Crippen LogP contribution in [0.25, 0.3) is 11.1 Å². The zero-order valence-corrected chi connectivity index (χ0v) is 16.6. The molecular weight excluding hydrogens is 352 g/mol. The molecule has 0 fully saturated rings. The van der Waals surface area contributed by atoms with Gasteiger partial charge in [0, 0.05) is 0 Å². The molecule has 0 saturated heterocycles. The average molecular weight is 376 g/mol. The molecule has 0 radical (unpaired) electrons. The summed E-state index contributed by atoms with van der Waals surface area (Å²) in [7, 11) is 0. The van der Waals surface area contributed by atoms with Crippen molar-refractivity contribution < 1.29 is 4.74 Å². The highest BCUT2D eigenvalue weighted by Gasteiger charge is 2.13. The van der Waals surface area contributed by atoms with Crippen molar-refractivity contribution in [1.29, 1.82) is 0 Å². The minimum atomic E-state index is 0.838. The van der Waals surface area contributed by atoms with Crippen LogP contribution in [0.5, 0.6) is 11.5 Å². The van der Waals surface area contributed by atoms with E-state index in [9.17, 15) is 0 Å². The Balaban J connectivity index is 1.77. The highest BCUT2D eigenvalue weighted by Crippen LogP contribution is 2.35. The summed E-state index contributed by atoms with van der Waals surface area (Å²) >= 11 is 0. The van der Waals surface area contributed by atoms with Gasteiger partial charge < -0.3 is 4.74 Å². The SMILES string of the molecule is CC/C(=C(/c1ccccc1)c1ccc(Oc2ccccc2)cc1)c1ccccc1. The number of para-hydroxylation sites is 1. The Morgan fingerprint density at radius 1 is 0.517 bits per heavy atom. The third-order valence-corrected chi connectivity index (χ3v) is 4.96. The first-order chi connectivity index (χ1) is 14.3. The molecule has 0 bridgehead atoms. The Kier molecular flexibility index (Phi) is 5.87. The maximum absolute atomic E-state index is 5.97. The van der Waals surface area contributed by atoms with Crippen molar-refractivity contribution in [2.75, 3.05) is 0 Å². The lowest BCUT2D eigenvalue weighted by Gasteiger charge is -2.17. The molecule has 0 unspecified atom stereocenters. The lowest BCUT2D eigenvalue weighted by atomic mass is 9.88. The first-order valence-corrected chi connectivity index (χ1v) is 10.0. The summed E-state index contributed by atoms with van der Waals surface area (Å²) in [5, 5.41) is 0. The van der Waals surface area contributed by atoms with Gasteiger partial charge in [-0.05, 0) is 58.5 Å². The van der Waals surface area contributed by atoms with E-state index in [1.54, 1.807) is 0 Å². The van der Waals surface area contributed by atoms with Crippen molar-refractivity contribution in [3.8, 4) is 11.5 Å². The normalized spacial score (nSPS) is 11.6. The van der Waals surface area contributed by atoms with E-state index in [0.717, 1.165) is 17.9 Å². The molecule has 4 rings (SSSR count). The lowest BCUT2D eigenvalue weighted by Crippen LogP contribution is -1.95. The van der Waals surface area contributed by atoms with E-state index in [2.05, 4.69) is 79.7 Å². The van der Waals surface area contributed by atoms with Crippen LogP contribution >= 0.6 is 0 Å². The fourth-order valence-corrected chi connectivity index (χ4v) is 3.60. The minimum absolute atomic E-state index is 0.838. The topological polar surface area (TPSA) is 9.23 Å². The second-order valence-corrected chi connectivity index (χ2v) is 6.88. The molecule has 0 heterocycles. The first kappa shape index (κ1) is 18.8. The van der Waals surface area contributed by atoms with Crippen LogP contribution < -0.4 is 4.74 Å². The molecule has 29 heavy (non-hydrogen) atoms. The summed E-state index contributed by atoms with van der Waals surface area (Å²) in [6.45, 7) is 2.22. The molecule has 142 valence electrons. The van der Waals surface area contributed by atoms with Crippen molar-refractivity contribution in [2.45, 2.75) is 13.3 Å².